The van der Waals surface area contributed by atoms with Crippen LogP contribution in [-0.2, 0) is 22.7 Å². The van der Waals surface area contributed by atoms with Crippen LogP contribution in [0.1, 0.15) is 43.7 Å². The number of carbonyl (C=O) groups excluding carboxylic acids is 2. The fraction of sp³-hybridized carbons (Fsp3) is 0.357. The lowest BCUT2D eigenvalue weighted by Crippen LogP contribution is -2.50. The number of aromatic nitrogens is 3. The lowest BCUT2D eigenvalue weighted by Gasteiger charge is -2.34. The van der Waals surface area contributed by atoms with Crippen LogP contribution in [0, 0.1) is 0 Å². The Morgan fingerprint density at radius 1 is 1.08 bits per heavy atom. The quantitative estimate of drug-likeness (QED) is 0.302. The summed E-state index contributed by atoms with van der Waals surface area (Å²) < 4.78 is 12.5. The Bertz CT molecular complexity index is 1400. The second-order valence-corrected chi connectivity index (χ2v) is 10.6. The van der Waals surface area contributed by atoms with Gasteiger partial charge in [-0.2, -0.15) is 0 Å². The van der Waals surface area contributed by atoms with Crippen molar-refractivity contribution in [2.75, 3.05) is 14.2 Å². The molecule has 0 saturated heterocycles. The molecule has 0 bridgehead atoms. The van der Waals surface area contributed by atoms with E-state index in [1.165, 1.54) is 11.3 Å². The van der Waals surface area contributed by atoms with E-state index >= 15 is 0 Å². The van der Waals surface area contributed by atoms with Crippen molar-refractivity contribution < 1.29 is 19.1 Å². The normalized spacial score (nSPS) is 12.2. The second kappa shape index (κ2) is 11.6. The summed E-state index contributed by atoms with van der Waals surface area (Å²) >= 11 is 1.53. The molecule has 0 saturated carbocycles. The lowest BCUT2D eigenvalue weighted by molar-refractivity contribution is -0.142. The van der Waals surface area contributed by atoms with Crippen LogP contribution < -0.4 is 14.8 Å². The molecule has 2 amide bonds. The topological polar surface area (TPSA) is 98.6 Å². The summed E-state index contributed by atoms with van der Waals surface area (Å²) in [5.74, 6) is 0.466. The Balaban J connectivity index is 1.79. The van der Waals surface area contributed by atoms with Gasteiger partial charge in [-0.25, -0.2) is 4.68 Å². The van der Waals surface area contributed by atoms with Crippen LogP contribution >= 0.6 is 11.3 Å². The number of nitrogens with one attached hydrogen (secondary N) is 1. The van der Waals surface area contributed by atoms with Crippen LogP contribution in [0.3, 0.4) is 0 Å². The fourth-order valence-corrected chi connectivity index (χ4v) is 4.84. The average molecular weight is 536 g/mol. The van der Waals surface area contributed by atoms with Gasteiger partial charge in [-0.1, -0.05) is 36.4 Å². The number of thiophene rings is 1. The number of benzene rings is 2. The third-order valence-corrected chi connectivity index (χ3v) is 7.42. The van der Waals surface area contributed by atoms with Gasteiger partial charge in [-0.3, -0.25) is 9.59 Å². The maximum atomic E-state index is 14.0. The molecular weight excluding hydrogens is 502 g/mol. The van der Waals surface area contributed by atoms with Crippen LogP contribution in [0.4, 0.5) is 0 Å². The summed E-state index contributed by atoms with van der Waals surface area (Å²) in [4.78, 5) is 30.5. The first-order chi connectivity index (χ1) is 18.3. The molecule has 2 aromatic heterocycles. The molecule has 4 aromatic rings. The van der Waals surface area contributed by atoms with Crippen LogP contribution in [0.2, 0.25) is 0 Å². The monoisotopic (exact) mass is 535 g/mol. The van der Waals surface area contributed by atoms with Gasteiger partial charge in [-0.15, -0.1) is 16.4 Å². The smallest absolute Gasteiger partial charge is 0.247 e. The number of carbonyl (C=O) groups is 2. The molecule has 0 aliphatic rings. The first-order valence-corrected chi connectivity index (χ1v) is 13.3. The number of fused-ring (bicyclic) bond motifs is 1. The van der Waals surface area contributed by atoms with E-state index in [1.807, 2.05) is 62.5 Å². The summed E-state index contributed by atoms with van der Waals surface area (Å²) in [5, 5.41) is 13.5. The molecule has 0 aliphatic heterocycles. The van der Waals surface area contributed by atoms with E-state index in [0.29, 0.717) is 22.6 Å². The standard InChI is InChI=1S/C28H33N5O4S/c1-6-28(2,3)29-27(35)26(19-13-14-23(36-4)24(16-19)37-5)32(17-20-10-9-15-38-20)25(34)18-33-22-12-8-7-11-21(22)30-31-33/h7-16,26H,6,17-18H2,1-5H3,(H,29,35). The molecule has 2 heterocycles. The Kier molecular flexibility index (Phi) is 8.31. The number of ether oxygens (including phenoxy) is 2. The van der Waals surface area contributed by atoms with Gasteiger partial charge in [0.1, 0.15) is 18.1 Å². The minimum Gasteiger partial charge on any atom is -0.493 e. The van der Waals surface area contributed by atoms with E-state index in [2.05, 4.69) is 15.6 Å². The Morgan fingerprint density at radius 2 is 1.84 bits per heavy atom. The maximum absolute atomic E-state index is 14.0. The van der Waals surface area contributed by atoms with Gasteiger partial charge in [0.25, 0.3) is 0 Å². The van der Waals surface area contributed by atoms with Crippen LogP contribution in [0.15, 0.2) is 60.0 Å². The minimum atomic E-state index is -0.926. The molecule has 9 nitrogen and oxygen atoms in total. The zero-order valence-corrected chi connectivity index (χ0v) is 23.1. The molecule has 1 atom stereocenters. The minimum absolute atomic E-state index is 0.0693. The van der Waals surface area contributed by atoms with Crippen molar-refractivity contribution in [2.45, 2.75) is 51.9 Å². The number of para-hydroxylation sites is 1. The predicted molar refractivity (Wildman–Crippen MR) is 147 cm³/mol. The molecule has 10 heteroatoms. The van der Waals surface area contributed by atoms with Gasteiger partial charge in [0, 0.05) is 10.4 Å². The highest BCUT2D eigenvalue weighted by Gasteiger charge is 2.35. The van der Waals surface area contributed by atoms with E-state index in [4.69, 9.17) is 9.47 Å². The number of amides is 2. The lowest BCUT2D eigenvalue weighted by atomic mass is 9.98. The van der Waals surface area contributed by atoms with Crippen molar-refractivity contribution in [3.8, 4) is 11.5 Å². The third kappa shape index (κ3) is 5.96. The average Bonchev–Trinajstić information content (AvgIpc) is 3.58. The highest BCUT2D eigenvalue weighted by atomic mass is 32.1. The molecule has 4 rings (SSSR count). The van der Waals surface area contributed by atoms with E-state index < -0.39 is 11.6 Å². The van der Waals surface area contributed by atoms with Gasteiger partial charge < -0.3 is 19.7 Å². The molecule has 1 unspecified atom stereocenters. The van der Waals surface area contributed by atoms with E-state index in [1.54, 1.807) is 42.0 Å². The largest absolute Gasteiger partial charge is 0.493 e. The molecule has 0 radical (unpaired) electrons. The SMILES string of the molecule is CCC(C)(C)NC(=O)C(c1ccc(OC)c(OC)c1)N(Cc1cccs1)C(=O)Cn1nnc2ccccc21. The molecule has 38 heavy (non-hydrogen) atoms. The molecule has 200 valence electrons. The van der Waals surface area contributed by atoms with Gasteiger partial charge in [0.05, 0.1) is 26.3 Å². The summed E-state index contributed by atoms with van der Waals surface area (Å²) in [6, 6.07) is 15.7. The van der Waals surface area contributed by atoms with Crippen molar-refractivity contribution in [3.05, 3.63) is 70.4 Å². The van der Waals surface area contributed by atoms with Gasteiger partial charge >= 0.3 is 0 Å². The summed E-state index contributed by atoms with van der Waals surface area (Å²) in [6.45, 7) is 6.12. The van der Waals surface area contributed by atoms with E-state index in [-0.39, 0.29) is 24.9 Å². The zero-order chi connectivity index (χ0) is 27.3. The number of nitrogens with zero attached hydrogens (tertiary/aromatic N) is 4. The zero-order valence-electron chi connectivity index (χ0n) is 22.3. The van der Waals surface area contributed by atoms with Gasteiger partial charge in [0.2, 0.25) is 11.8 Å². The Hall–Kier alpha value is -3.92. The van der Waals surface area contributed by atoms with Crippen molar-refractivity contribution in [3.63, 3.8) is 0 Å². The van der Waals surface area contributed by atoms with Crippen molar-refractivity contribution in [1.29, 1.82) is 0 Å². The number of methoxy groups -OCH3 is 2. The van der Waals surface area contributed by atoms with E-state index in [0.717, 1.165) is 16.8 Å². The van der Waals surface area contributed by atoms with Crippen molar-refractivity contribution in [1.82, 2.24) is 25.2 Å². The third-order valence-electron chi connectivity index (χ3n) is 6.56. The predicted octanol–water partition coefficient (Wildman–Crippen LogP) is 4.58. The Morgan fingerprint density at radius 3 is 2.53 bits per heavy atom. The van der Waals surface area contributed by atoms with Crippen molar-refractivity contribution >= 4 is 34.2 Å². The van der Waals surface area contributed by atoms with Gasteiger partial charge in [-0.05, 0) is 61.5 Å². The van der Waals surface area contributed by atoms with Crippen molar-refractivity contribution in [2.24, 2.45) is 0 Å². The summed E-state index contributed by atoms with van der Waals surface area (Å²) in [6.07, 6.45) is 0.723. The number of hydrogen-bond acceptors (Lipinski definition) is 7. The molecule has 0 fully saturated rings. The maximum Gasteiger partial charge on any atom is 0.247 e. The van der Waals surface area contributed by atoms with Crippen LogP contribution in [0.25, 0.3) is 11.0 Å². The summed E-state index contributed by atoms with van der Waals surface area (Å²) in [7, 11) is 3.10. The highest BCUT2D eigenvalue weighted by Crippen LogP contribution is 2.34. The fourth-order valence-electron chi connectivity index (χ4n) is 4.13. The number of rotatable bonds is 11. The van der Waals surface area contributed by atoms with E-state index in [9.17, 15) is 9.59 Å². The van der Waals surface area contributed by atoms with Crippen LogP contribution in [-0.4, -0.2) is 51.5 Å². The number of hydrogen-bond donors (Lipinski definition) is 1. The van der Waals surface area contributed by atoms with Gasteiger partial charge in [0.15, 0.2) is 11.5 Å². The molecular formula is C28H33N5O4S. The second-order valence-electron chi connectivity index (χ2n) is 9.58. The Labute approximate surface area is 226 Å². The first-order valence-electron chi connectivity index (χ1n) is 12.4. The molecule has 1 N–H and O–H groups in total. The van der Waals surface area contributed by atoms with Crippen LogP contribution in [0.5, 0.6) is 11.5 Å². The molecule has 0 aliphatic carbocycles. The molecule has 0 spiro atoms. The molecule has 2 aromatic carbocycles. The first kappa shape index (κ1) is 27.1. The summed E-state index contributed by atoms with van der Waals surface area (Å²) in [5.41, 5.74) is 1.59. The highest BCUT2D eigenvalue weighted by molar-refractivity contribution is 7.09.